The summed E-state index contributed by atoms with van der Waals surface area (Å²) in [6, 6.07) is 10.0. The summed E-state index contributed by atoms with van der Waals surface area (Å²) in [5, 5.41) is 12.5. The van der Waals surface area contributed by atoms with E-state index < -0.39 is 0 Å². The number of benzene rings is 1. The molecule has 0 bridgehead atoms. The van der Waals surface area contributed by atoms with E-state index in [4.69, 9.17) is 0 Å². The van der Waals surface area contributed by atoms with Gasteiger partial charge in [0.25, 0.3) is 5.91 Å². The Morgan fingerprint density at radius 3 is 2.47 bits per heavy atom. The molecule has 164 valence electrons. The van der Waals surface area contributed by atoms with Gasteiger partial charge in [-0.2, -0.15) is 10.2 Å². The Morgan fingerprint density at radius 1 is 1.03 bits per heavy atom. The van der Waals surface area contributed by atoms with Crippen molar-refractivity contribution in [3.8, 4) is 0 Å². The average Bonchev–Trinajstić information content (AvgIpc) is 3.34. The lowest BCUT2D eigenvalue weighted by molar-refractivity contribution is -0.120. The van der Waals surface area contributed by atoms with Crippen LogP contribution in [0.15, 0.2) is 53.6 Å². The fourth-order valence-corrected chi connectivity index (χ4v) is 4.83. The molecule has 2 aromatic heterocycles. The second kappa shape index (κ2) is 9.04. The molecule has 8 nitrogen and oxygen atoms in total. The average molecular weight is 449 g/mol. The Hall–Kier alpha value is -3.33. The van der Waals surface area contributed by atoms with E-state index in [0.717, 1.165) is 37.3 Å². The highest BCUT2D eigenvalue weighted by atomic mass is 32.1. The van der Waals surface area contributed by atoms with E-state index in [2.05, 4.69) is 37.5 Å². The smallest absolute Gasteiger partial charge is 0.273 e. The first kappa shape index (κ1) is 20.6. The van der Waals surface area contributed by atoms with Crippen molar-refractivity contribution in [1.82, 2.24) is 20.1 Å². The van der Waals surface area contributed by atoms with Crippen LogP contribution in [-0.2, 0) is 4.79 Å². The van der Waals surface area contributed by atoms with Crippen molar-refractivity contribution in [3.05, 3.63) is 64.9 Å². The van der Waals surface area contributed by atoms with Crippen molar-refractivity contribution < 1.29 is 9.59 Å². The van der Waals surface area contributed by atoms with Gasteiger partial charge < -0.3 is 15.1 Å². The highest BCUT2D eigenvalue weighted by Crippen LogP contribution is 2.30. The predicted molar refractivity (Wildman–Crippen MR) is 123 cm³/mol. The van der Waals surface area contributed by atoms with Crippen molar-refractivity contribution in [1.29, 1.82) is 0 Å². The third kappa shape index (κ3) is 4.34. The molecule has 4 heterocycles. The summed E-state index contributed by atoms with van der Waals surface area (Å²) in [4.78, 5) is 33.1. The number of hydrogen-bond acceptors (Lipinski definition) is 7. The summed E-state index contributed by atoms with van der Waals surface area (Å²) in [6.07, 6.45) is 5.24. The Balaban J connectivity index is 1.10. The SMILES string of the molecule is O=C(Nc1ccc(C2CCN(C(=O)c3cscn3)CC2)cc1)C1CN(c2ccnnc2)C1. The first-order chi connectivity index (χ1) is 15.7. The van der Waals surface area contributed by atoms with Gasteiger partial charge in [0.1, 0.15) is 5.69 Å². The Morgan fingerprint density at radius 2 is 1.81 bits per heavy atom. The van der Waals surface area contributed by atoms with Crippen LogP contribution in [0.3, 0.4) is 0 Å². The standard InChI is InChI=1S/C23H24N6O2S/c30-22(18-12-29(13-18)20-5-8-25-26-11-20)27-19-3-1-16(2-4-19)17-6-9-28(10-7-17)23(31)21-14-32-15-24-21/h1-5,8,11,14-15,17-18H,6-7,9-10,12-13H2,(H,27,30). The van der Waals surface area contributed by atoms with E-state index in [9.17, 15) is 9.59 Å². The van der Waals surface area contributed by atoms with Crippen molar-refractivity contribution in [2.45, 2.75) is 18.8 Å². The van der Waals surface area contributed by atoms with Gasteiger partial charge in [-0.1, -0.05) is 12.1 Å². The number of aromatic nitrogens is 3. The molecule has 2 aliphatic heterocycles. The Bertz CT molecular complexity index is 1060. The number of likely N-dealkylation sites (tertiary alicyclic amines) is 1. The van der Waals surface area contributed by atoms with Gasteiger partial charge in [0.2, 0.25) is 5.91 Å². The number of hydrogen-bond donors (Lipinski definition) is 1. The maximum absolute atomic E-state index is 12.5. The number of thiazole rings is 1. The van der Waals surface area contributed by atoms with Crippen molar-refractivity contribution >= 4 is 34.5 Å². The quantitative estimate of drug-likeness (QED) is 0.645. The number of piperidine rings is 1. The highest BCUT2D eigenvalue weighted by molar-refractivity contribution is 7.07. The Kier molecular flexibility index (Phi) is 5.81. The number of carbonyl (C=O) groups is 2. The molecular weight excluding hydrogens is 424 g/mol. The van der Waals surface area contributed by atoms with Crippen LogP contribution in [-0.4, -0.2) is 58.1 Å². The minimum atomic E-state index is -0.0255. The van der Waals surface area contributed by atoms with Gasteiger partial charge in [-0.3, -0.25) is 9.59 Å². The van der Waals surface area contributed by atoms with E-state index in [-0.39, 0.29) is 17.7 Å². The van der Waals surface area contributed by atoms with Crippen molar-refractivity contribution in [3.63, 3.8) is 0 Å². The summed E-state index contributed by atoms with van der Waals surface area (Å²) >= 11 is 1.44. The minimum Gasteiger partial charge on any atom is -0.368 e. The zero-order chi connectivity index (χ0) is 21.9. The van der Waals surface area contributed by atoms with Crippen LogP contribution in [0.2, 0.25) is 0 Å². The van der Waals surface area contributed by atoms with Gasteiger partial charge >= 0.3 is 0 Å². The predicted octanol–water partition coefficient (Wildman–Crippen LogP) is 3.03. The van der Waals surface area contributed by atoms with Crippen LogP contribution >= 0.6 is 11.3 Å². The van der Waals surface area contributed by atoms with Crippen LogP contribution in [0.25, 0.3) is 0 Å². The van der Waals surface area contributed by atoms with Gasteiger partial charge in [0, 0.05) is 37.2 Å². The number of nitrogens with zero attached hydrogens (tertiary/aromatic N) is 5. The summed E-state index contributed by atoms with van der Waals surface area (Å²) in [6.45, 7) is 2.86. The number of rotatable bonds is 5. The summed E-state index contributed by atoms with van der Waals surface area (Å²) in [7, 11) is 0. The van der Waals surface area contributed by atoms with E-state index in [1.165, 1.54) is 16.9 Å². The lowest BCUT2D eigenvalue weighted by Crippen LogP contribution is -2.52. The fourth-order valence-electron chi connectivity index (χ4n) is 4.30. The van der Waals surface area contributed by atoms with Crippen LogP contribution in [0.5, 0.6) is 0 Å². The first-order valence-electron chi connectivity index (χ1n) is 10.8. The van der Waals surface area contributed by atoms with Gasteiger partial charge in [-0.15, -0.1) is 11.3 Å². The second-order valence-electron chi connectivity index (χ2n) is 8.25. The maximum Gasteiger partial charge on any atom is 0.273 e. The molecule has 2 aliphatic rings. The van der Waals surface area contributed by atoms with Crippen LogP contribution in [0.4, 0.5) is 11.4 Å². The van der Waals surface area contributed by atoms with Gasteiger partial charge in [-0.05, 0) is 42.5 Å². The van der Waals surface area contributed by atoms with Gasteiger partial charge in [0.15, 0.2) is 0 Å². The lowest BCUT2D eigenvalue weighted by atomic mass is 9.89. The molecule has 2 amide bonds. The minimum absolute atomic E-state index is 0.0255. The Labute approximate surface area is 190 Å². The topological polar surface area (TPSA) is 91.3 Å². The fraction of sp³-hybridized carbons (Fsp3) is 0.348. The molecule has 0 radical (unpaired) electrons. The lowest BCUT2D eigenvalue weighted by Gasteiger charge is -2.39. The van der Waals surface area contributed by atoms with Crippen molar-refractivity contribution in [2.24, 2.45) is 5.92 Å². The van der Waals surface area contributed by atoms with Crippen molar-refractivity contribution in [2.75, 3.05) is 36.4 Å². The zero-order valence-electron chi connectivity index (χ0n) is 17.6. The first-order valence-corrected chi connectivity index (χ1v) is 11.7. The van der Waals surface area contributed by atoms with Crippen LogP contribution in [0, 0.1) is 5.92 Å². The largest absolute Gasteiger partial charge is 0.368 e. The molecule has 9 heteroatoms. The van der Waals surface area contributed by atoms with Gasteiger partial charge in [0.05, 0.1) is 29.5 Å². The zero-order valence-corrected chi connectivity index (χ0v) is 18.4. The maximum atomic E-state index is 12.5. The van der Waals surface area contributed by atoms with E-state index in [0.29, 0.717) is 24.7 Å². The third-order valence-electron chi connectivity index (χ3n) is 6.27. The molecule has 5 rings (SSSR count). The molecule has 0 aliphatic carbocycles. The number of carbonyl (C=O) groups excluding carboxylic acids is 2. The summed E-state index contributed by atoms with van der Waals surface area (Å²) in [5.74, 6) is 0.471. The number of nitrogens with one attached hydrogen (secondary N) is 1. The second-order valence-corrected chi connectivity index (χ2v) is 8.97. The summed E-state index contributed by atoms with van der Waals surface area (Å²) in [5.41, 5.74) is 5.30. The van der Waals surface area contributed by atoms with E-state index >= 15 is 0 Å². The molecule has 0 atom stereocenters. The molecule has 0 unspecified atom stereocenters. The van der Waals surface area contributed by atoms with Gasteiger partial charge in [-0.25, -0.2) is 4.98 Å². The summed E-state index contributed by atoms with van der Waals surface area (Å²) < 4.78 is 0. The number of amides is 2. The van der Waals surface area contributed by atoms with E-state index in [1.807, 2.05) is 23.1 Å². The molecule has 2 saturated heterocycles. The molecule has 2 fully saturated rings. The molecule has 3 aromatic rings. The molecule has 1 N–H and O–H groups in total. The van der Waals surface area contributed by atoms with E-state index in [1.54, 1.807) is 23.3 Å². The molecular formula is C23H24N6O2S. The molecule has 0 saturated carbocycles. The monoisotopic (exact) mass is 448 g/mol. The molecule has 1 aromatic carbocycles. The van der Waals surface area contributed by atoms with Crippen LogP contribution in [0.1, 0.15) is 34.8 Å². The molecule has 0 spiro atoms. The number of anilines is 2. The highest BCUT2D eigenvalue weighted by Gasteiger charge is 2.33. The molecule has 32 heavy (non-hydrogen) atoms. The normalized spacial score (nSPS) is 17.1. The third-order valence-corrected chi connectivity index (χ3v) is 6.86. The van der Waals surface area contributed by atoms with Crippen LogP contribution < -0.4 is 10.2 Å².